The molecule has 2 N–H and O–H groups in total. The van der Waals surface area contributed by atoms with Crippen molar-refractivity contribution in [2.75, 3.05) is 12.4 Å². The molecule has 0 aliphatic carbocycles. The van der Waals surface area contributed by atoms with Crippen LogP contribution in [0.5, 0.6) is 5.75 Å². The molecular weight excluding hydrogens is 300 g/mol. The summed E-state index contributed by atoms with van der Waals surface area (Å²) in [6, 6.07) is 14.0. The first kappa shape index (κ1) is 17.9. The zero-order valence-corrected chi connectivity index (χ0v) is 14.8. The van der Waals surface area contributed by atoms with E-state index in [1.54, 1.807) is 7.11 Å². The Hall–Kier alpha value is -2.49. The molecule has 0 aliphatic rings. The van der Waals surface area contributed by atoms with Gasteiger partial charge in [-0.15, -0.1) is 0 Å². The maximum Gasteiger partial charge on any atom is 0.319 e. The number of carbonyl (C=O) groups is 1. The number of ether oxygens (including phenoxy) is 1. The molecule has 4 heteroatoms. The number of methoxy groups -OCH3 is 1. The molecule has 0 saturated carbocycles. The van der Waals surface area contributed by atoms with Gasteiger partial charge < -0.3 is 15.4 Å². The zero-order valence-electron chi connectivity index (χ0n) is 14.8. The van der Waals surface area contributed by atoms with Crippen molar-refractivity contribution in [2.45, 2.75) is 39.7 Å². The van der Waals surface area contributed by atoms with Crippen LogP contribution in [-0.4, -0.2) is 19.2 Å². The molecule has 0 bridgehead atoms. The molecule has 0 heterocycles. The van der Waals surface area contributed by atoms with E-state index in [4.69, 9.17) is 4.74 Å². The maximum absolute atomic E-state index is 12.1. The van der Waals surface area contributed by atoms with Crippen molar-refractivity contribution in [3.63, 3.8) is 0 Å². The van der Waals surface area contributed by atoms with Crippen molar-refractivity contribution in [3.05, 3.63) is 59.2 Å². The van der Waals surface area contributed by atoms with Gasteiger partial charge in [-0.05, 0) is 74.6 Å². The standard InChI is InChI=1S/C20H26N2O2/c1-14-11-15(2)13-18(12-14)22-20(23)21-16(3)5-6-17-7-9-19(24-4)10-8-17/h7-13,16H,5-6H2,1-4H3,(H2,21,22,23)/t16-/m1/s1. The Balaban J connectivity index is 1.80. The number of aryl methyl sites for hydroxylation is 3. The molecule has 0 fully saturated rings. The number of hydrogen-bond donors (Lipinski definition) is 2. The molecule has 1 atom stereocenters. The summed E-state index contributed by atoms with van der Waals surface area (Å²) in [6.45, 7) is 6.06. The first-order chi connectivity index (χ1) is 11.5. The minimum atomic E-state index is -0.165. The SMILES string of the molecule is COc1ccc(CC[C@@H](C)NC(=O)Nc2cc(C)cc(C)c2)cc1. The van der Waals surface area contributed by atoms with E-state index in [-0.39, 0.29) is 12.1 Å². The lowest BCUT2D eigenvalue weighted by atomic mass is 10.1. The summed E-state index contributed by atoms with van der Waals surface area (Å²) in [5, 5.41) is 5.89. The molecule has 0 saturated heterocycles. The topological polar surface area (TPSA) is 50.4 Å². The highest BCUT2D eigenvalue weighted by molar-refractivity contribution is 5.89. The second kappa shape index (κ2) is 8.39. The van der Waals surface area contributed by atoms with Gasteiger partial charge in [0.15, 0.2) is 0 Å². The molecule has 128 valence electrons. The molecule has 0 radical (unpaired) electrons. The van der Waals surface area contributed by atoms with Crippen LogP contribution >= 0.6 is 0 Å². The number of rotatable bonds is 6. The molecule has 0 aromatic heterocycles. The molecule has 0 unspecified atom stereocenters. The molecule has 24 heavy (non-hydrogen) atoms. The van der Waals surface area contributed by atoms with Crippen LogP contribution in [0.3, 0.4) is 0 Å². The number of urea groups is 1. The average molecular weight is 326 g/mol. The van der Waals surface area contributed by atoms with E-state index in [2.05, 4.69) is 28.8 Å². The lowest BCUT2D eigenvalue weighted by Gasteiger charge is -2.15. The molecule has 2 aromatic carbocycles. The highest BCUT2D eigenvalue weighted by atomic mass is 16.5. The summed E-state index contributed by atoms with van der Waals surface area (Å²) in [5.74, 6) is 0.859. The predicted molar refractivity (Wildman–Crippen MR) is 98.8 cm³/mol. The highest BCUT2D eigenvalue weighted by Crippen LogP contribution is 2.15. The number of hydrogen-bond acceptors (Lipinski definition) is 2. The molecule has 2 amide bonds. The number of carbonyl (C=O) groups excluding carboxylic acids is 1. The van der Waals surface area contributed by atoms with Gasteiger partial charge in [-0.2, -0.15) is 0 Å². The van der Waals surface area contributed by atoms with E-state index in [0.29, 0.717) is 0 Å². The first-order valence-electron chi connectivity index (χ1n) is 8.25. The molecule has 2 aromatic rings. The average Bonchev–Trinajstić information content (AvgIpc) is 2.52. The van der Waals surface area contributed by atoms with E-state index in [9.17, 15) is 4.79 Å². The van der Waals surface area contributed by atoms with Crippen molar-refractivity contribution < 1.29 is 9.53 Å². The Kier molecular flexibility index (Phi) is 6.24. The maximum atomic E-state index is 12.1. The summed E-state index contributed by atoms with van der Waals surface area (Å²) >= 11 is 0. The summed E-state index contributed by atoms with van der Waals surface area (Å²) in [5.41, 5.74) is 4.34. The van der Waals surface area contributed by atoms with Crippen LogP contribution in [0.2, 0.25) is 0 Å². The van der Waals surface area contributed by atoms with Gasteiger partial charge in [-0.25, -0.2) is 4.79 Å². The molecular formula is C20H26N2O2. The van der Waals surface area contributed by atoms with Crippen LogP contribution < -0.4 is 15.4 Å². The fraction of sp³-hybridized carbons (Fsp3) is 0.350. The van der Waals surface area contributed by atoms with Gasteiger partial charge in [0.2, 0.25) is 0 Å². The van der Waals surface area contributed by atoms with Gasteiger partial charge >= 0.3 is 6.03 Å². The summed E-state index contributed by atoms with van der Waals surface area (Å²) in [4.78, 5) is 12.1. The normalized spacial score (nSPS) is 11.7. The summed E-state index contributed by atoms with van der Waals surface area (Å²) < 4.78 is 5.16. The van der Waals surface area contributed by atoms with E-state index >= 15 is 0 Å². The molecule has 4 nitrogen and oxygen atoms in total. The summed E-state index contributed by atoms with van der Waals surface area (Å²) in [6.07, 6.45) is 1.79. The van der Waals surface area contributed by atoms with Gasteiger partial charge in [-0.3, -0.25) is 0 Å². The third kappa shape index (κ3) is 5.61. The number of amides is 2. The second-order valence-electron chi connectivity index (χ2n) is 6.26. The van der Waals surface area contributed by atoms with Crippen LogP contribution in [0, 0.1) is 13.8 Å². The Morgan fingerprint density at radius 1 is 1.08 bits per heavy atom. The predicted octanol–water partition coefficient (Wildman–Crippen LogP) is 4.45. The quantitative estimate of drug-likeness (QED) is 0.823. The molecule has 2 rings (SSSR count). The van der Waals surface area contributed by atoms with Crippen molar-refractivity contribution in [3.8, 4) is 5.75 Å². The molecule has 0 spiro atoms. The Bertz CT molecular complexity index is 660. The first-order valence-corrected chi connectivity index (χ1v) is 8.25. The molecule has 0 aliphatic heterocycles. The van der Waals surface area contributed by atoms with E-state index < -0.39 is 0 Å². The smallest absolute Gasteiger partial charge is 0.319 e. The van der Waals surface area contributed by atoms with Crippen LogP contribution in [0.4, 0.5) is 10.5 Å². The van der Waals surface area contributed by atoms with Gasteiger partial charge in [0.1, 0.15) is 5.75 Å². The van der Waals surface area contributed by atoms with Gasteiger partial charge in [0.25, 0.3) is 0 Å². The van der Waals surface area contributed by atoms with Crippen LogP contribution in [0.15, 0.2) is 42.5 Å². The fourth-order valence-electron chi connectivity index (χ4n) is 2.69. The van der Waals surface area contributed by atoms with Crippen LogP contribution in [0.25, 0.3) is 0 Å². The number of benzene rings is 2. The van der Waals surface area contributed by atoms with E-state index in [1.807, 2.05) is 45.0 Å². The fourth-order valence-corrected chi connectivity index (χ4v) is 2.69. The lowest BCUT2D eigenvalue weighted by Crippen LogP contribution is -2.36. The lowest BCUT2D eigenvalue weighted by molar-refractivity contribution is 0.248. The van der Waals surface area contributed by atoms with Crippen molar-refractivity contribution in [1.82, 2.24) is 5.32 Å². The minimum absolute atomic E-state index is 0.0954. The number of anilines is 1. The summed E-state index contributed by atoms with van der Waals surface area (Å²) in [7, 11) is 1.66. The third-order valence-corrected chi connectivity index (χ3v) is 3.88. The Labute approximate surface area is 144 Å². The monoisotopic (exact) mass is 326 g/mol. The van der Waals surface area contributed by atoms with Gasteiger partial charge in [-0.1, -0.05) is 18.2 Å². The third-order valence-electron chi connectivity index (χ3n) is 3.88. The zero-order chi connectivity index (χ0) is 17.5. The second-order valence-corrected chi connectivity index (χ2v) is 6.26. The van der Waals surface area contributed by atoms with Crippen LogP contribution in [-0.2, 0) is 6.42 Å². The van der Waals surface area contributed by atoms with Crippen LogP contribution in [0.1, 0.15) is 30.0 Å². The Morgan fingerprint density at radius 3 is 2.29 bits per heavy atom. The Morgan fingerprint density at radius 2 is 1.71 bits per heavy atom. The van der Waals surface area contributed by atoms with Gasteiger partial charge in [0, 0.05) is 11.7 Å². The minimum Gasteiger partial charge on any atom is -0.497 e. The van der Waals surface area contributed by atoms with Crippen molar-refractivity contribution in [1.29, 1.82) is 0 Å². The highest BCUT2D eigenvalue weighted by Gasteiger charge is 2.08. The number of nitrogens with one attached hydrogen (secondary N) is 2. The van der Waals surface area contributed by atoms with Crippen molar-refractivity contribution in [2.24, 2.45) is 0 Å². The van der Waals surface area contributed by atoms with E-state index in [1.165, 1.54) is 5.56 Å². The largest absolute Gasteiger partial charge is 0.497 e. The van der Waals surface area contributed by atoms with Gasteiger partial charge in [0.05, 0.1) is 7.11 Å². The van der Waals surface area contributed by atoms with Crippen molar-refractivity contribution >= 4 is 11.7 Å². The van der Waals surface area contributed by atoms with E-state index in [0.717, 1.165) is 35.4 Å².